The fourth-order valence-corrected chi connectivity index (χ4v) is 4.96. The number of ether oxygens (including phenoxy) is 1. The number of esters is 1. The third kappa shape index (κ3) is 4.64. The molecule has 2 aliphatic heterocycles. The summed E-state index contributed by atoms with van der Waals surface area (Å²) in [4.78, 5) is 38.8. The van der Waals surface area contributed by atoms with E-state index in [0.29, 0.717) is 5.02 Å². The summed E-state index contributed by atoms with van der Waals surface area (Å²) < 4.78 is 2.09. The number of thioether (sulfide) groups is 1. The molecule has 29 heavy (non-hydrogen) atoms. The number of alkyl halides is 3. The number of amides is 2. The van der Waals surface area contributed by atoms with Crippen molar-refractivity contribution in [3.05, 3.63) is 47.1 Å². The van der Waals surface area contributed by atoms with Crippen molar-refractivity contribution in [2.24, 2.45) is 0 Å². The van der Waals surface area contributed by atoms with Gasteiger partial charge in [0.15, 0.2) is 4.75 Å². The second kappa shape index (κ2) is 8.19. The molecule has 3 atom stereocenters. The third-order valence-electron chi connectivity index (χ3n) is 4.57. The van der Waals surface area contributed by atoms with Crippen molar-refractivity contribution in [2.75, 3.05) is 6.61 Å². The number of nitrogens with one attached hydrogen (secondary N) is 1. The number of halogens is 4. The number of β-lactam (4-membered cyclic amide) rings is 1. The summed E-state index contributed by atoms with van der Waals surface area (Å²) in [6.07, 6.45) is 0.0746. The van der Waals surface area contributed by atoms with Gasteiger partial charge in [-0.3, -0.25) is 19.3 Å². The van der Waals surface area contributed by atoms with Gasteiger partial charge in [-0.2, -0.15) is 0 Å². The minimum atomic E-state index is -1.75. The van der Waals surface area contributed by atoms with E-state index >= 15 is 0 Å². The van der Waals surface area contributed by atoms with Crippen LogP contribution in [0.2, 0.25) is 5.02 Å². The molecule has 2 amide bonds. The van der Waals surface area contributed by atoms with Crippen molar-refractivity contribution in [3.8, 4) is 0 Å². The fourth-order valence-electron chi connectivity index (χ4n) is 3.05. The molecular formula is C18H16Cl4N2O4S. The van der Waals surface area contributed by atoms with Crippen molar-refractivity contribution < 1.29 is 19.1 Å². The summed E-state index contributed by atoms with van der Waals surface area (Å²) in [7, 11) is 0. The minimum absolute atomic E-state index is 0.0746. The Morgan fingerprint density at radius 3 is 2.69 bits per heavy atom. The monoisotopic (exact) mass is 496 g/mol. The molecule has 0 saturated carbocycles. The number of fused-ring (bicyclic) bond motifs is 1. The van der Waals surface area contributed by atoms with E-state index in [9.17, 15) is 14.4 Å². The zero-order chi connectivity index (χ0) is 21.6. The lowest BCUT2D eigenvalue weighted by atomic mass is 10.0. The first kappa shape index (κ1) is 22.6. The van der Waals surface area contributed by atoms with Gasteiger partial charge in [-0.05, 0) is 24.6 Å². The van der Waals surface area contributed by atoms with Crippen molar-refractivity contribution >= 4 is 75.9 Å². The molecule has 1 aromatic carbocycles. The summed E-state index contributed by atoms with van der Waals surface area (Å²) in [5, 5.41) is 2.76. The molecule has 1 N–H and O–H groups in total. The van der Waals surface area contributed by atoms with Crippen LogP contribution in [0.15, 0.2) is 36.5 Å². The number of hydrogen-bond acceptors (Lipinski definition) is 5. The molecule has 2 unspecified atom stereocenters. The Bertz CT molecular complexity index is 891. The lowest BCUT2D eigenvalue weighted by Gasteiger charge is -2.41. The molecule has 11 heteroatoms. The Morgan fingerprint density at radius 2 is 2.07 bits per heavy atom. The van der Waals surface area contributed by atoms with Crippen LogP contribution in [0.1, 0.15) is 12.5 Å². The Balaban J connectivity index is 1.64. The average molecular weight is 498 g/mol. The van der Waals surface area contributed by atoms with Gasteiger partial charge in [0, 0.05) is 10.7 Å². The van der Waals surface area contributed by atoms with Crippen LogP contribution < -0.4 is 5.32 Å². The van der Waals surface area contributed by atoms with E-state index in [1.807, 2.05) is 0 Å². The standard InChI is InChI=1S/C18H16Cl4N2O4S/c1-9-17(2,16(27)28-8-18(20,21)22)29-15-13(14(26)24(9)15)23-12(25)7-10-4-3-5-11(19)6-10/h3-6,13,15H,1,7-8H2,2H3,(H,23,25)/t13?,15-,17?/m1/s1. The molecule has 2 aliphatic rings. The van der Waals surface area contributed by atoms with E-state index in [4.69, 9.17) is 51.1 Å². The van der Waals surface area contributed by atoms with Gasteiger partial charge in [0.2, 0.25) is 9.70 Å². The highest BCUT2D eigenvalue weighted by Gasteiger charge is 2.63. The zero-order valence-electron chi connectivity index (χ0n) is 15.1. The molecule has 0 bridgehead atoms. The first-order valence-electron chi connectivity index (χ1n) is 8.40. The predicted octanol–water partition coefficient (Wildman–Crippen LogP) is 3.47. The number of carbonyl (C=O) groups excluding carboxylic acids is 3. The molecule has 2 heterocycles. The molecule has 2 fully saturated rings. The summed E-state index contributed by atoms with van der Waals surface area (Å²) >= 11 is 23.9. The number of hydrogen-bond donors (Lipinski definition) is 1. The molecular weight excluding hydrogens is 482 g/mol. The summed E-state index contributed by atoms with van der Waals surface area (Å²) in [6, 6.07) is 6.13. The molecule has 0 aromatic heterocycles. The van der Waals surface area contributed by atoms with Crippen LogP contribution in [0.4, 0.5) is 0 Å². The highest BCUT2D eigenvalue weighted by Crippen LogP contribution is 2.53. The molecule has 3 rings (SSSR count). The maximum atomic E-state index is 12.5. The number of carbonyl (C=O) groups is 3. The van der Waals surface area contributed by atoms with E-state index in [1.165, 1.54) is 4.90 Å². The van der Waals surface area contributed by atoms with E-state index < -0.39 is 32.5 Å². The Morgan fingerprint density at radius 1 is 1.38 bits per heavy atom. The van der Waals surface area contributed by atoms with Gasteiger partial charge >= 0.3 is 5.97 Å². The minimum Gasteiger partial charge on any atom is -0.460 e. The van der Waals surface area contributed by atoms with Crippen LogP contribution in [-0.2, 0) is 25.5 Å². The largest absolute Gasteiger partial charge is 0.460 e. The second-order valence-electron chi connectivity index (χ2n) is 6.74. The number of nitrogens with zero attached hydrogens (tertiary/aromatic N) is 1. The predicted molar refractivity (Wildman–Crippen MR) is 114 cm³/mol. The number of rotatable bonds is 5. The van der Waals surface area contributed by atoms with Crippen molar-refractivity contribution in [3.63, 3.8) is 0 Å². The van der Waals surface area contributed by atoms with Gasteiger partial charge in [-0.15, -0.1) is 11.8 Å². The molecule has 0 radical (unpaired) electrons. The van der Waals surface area contributed by atoms with Crippen LogP contribution in [0.3, 0.4) is 0 Å². The van der Waals surface area contributed by atoms with Gasteiger partial charge in [-0.1, -0.05) is 65.1 Å². The molecule has 2 saturated heterocycles. The zero-order valence-corrected chi connectivity index (χ0v) is 18.9. The van der Waals surface area contributed by atoms with Gasteiger partial charge < -0.3 is 10.1 Å². The summed E-state index contributed by atoms with van der Waals surface area (Å²) in [6.45, 7) is 5.00. The van der Waals surface area contributed by atoms with Crippen LogP contribution in [0.5, 0.6) is 0 Å². The summed E-state index contributed by atoms with van der Waals surface area (Å²) in [5.41, 5.74) is 0.995. The first-order chi connectivity index (χ1) is 13.4. The Kier molecular flexibility index (Phi) is 6.37. The Hall–Kier alpha value is -1.12. The highest BCUT2D eigenvalue weighted by atomic mass is 35.6. The van der Waals surface area contributed by atoms with Crippen molar-refractivity contribution in [1.29, 1.82) is 0 Å². The maximum Gasteiger partial charge on any atom is 0.328 e. The van der Waals surface area contributed by atoms with Crippen LogP contribution in [0.25, 0.3) is 0 Å². The summed E-state index contributed by atoms with van der Waals surface area (Å²) in [5.74, 6) is -1.35. The SMILES string of the molecule is C=C1N2C(=O)C(NC(=O)Cc3cccc(Cl)c3)[C@H]2SC1(C)C(=O)OCC(Cl)(Cl)Cl. The first-order valence-corrected chi connectivity index (χ1v) is 10.8. The molecule has 156 valence electrons. The number of benzene rings is 1. The van der Waals surface area contributed by atoms with Crippen molar-refractivity contribution in [1.82, 2.24) is 10.2 Å². The molecule has 1 aromatic rings. The van der Waals surface area contributed by atoms with Gasteiger partial charge in [0.1, 0.15) is 18.0 Å². The fraction of sp³-hybridized carbons (Fsp3) is 0.389. The van der Waals surface area contributed by atoms with E-state index in [-0.39, 0.29) is 23.9 Å². The molecule has 6 nitrogen and oxygen atoms in total. The highest BCUT2D eigenvalue weighted by molar-refractivity contribution is 8.02. The second-order valence-corrected chi connectivity index (χ2v) is 11.2. The Labute approximate surface area is 191 Å². The van der Waals surface area contributed by atoms with E-state index in [1.54, 1.807) is 31.2 Å². The molecule has 0 spiro atoms. The topological polar surface area (TPSA) is 75.7 Å². The average Bonchev–Trinajstić information content (AvgIpc) is 2.86. The van der Waals surface area contributed by atoms with Crippen LogP contribution in [0, 0.1) is 0 Å². The van der Waals surface area contributed by atoms with Crippen LogP contribution >= 0.6 is 58.2 Å². The maximum absolute atomic E-state index is 12.5. The van der Waals surface area contributed by atoms with Gasteiger partial charge in [0.25, 0.3) is 5.91 Å². The van der Waals surface area contributed by atoms with Gasteiger partial charge in [-0.25, -0.2) is 0 Å². The van der Waals surface area contributed by atoms with E-state index in [2.05, 4.69) is 11.9 Å². The normalized spacial score (nSPS) is 26.0. The third-order valence-corrected chi connectivity index (χ3v) is 6.73. The van der Waals surface area contributed by atoms with Crippen molar-refractivity contribution in [2.45, 2.75) is 33.3 Å². The molecule has 0 aliphatic carbocycles. The lowest BCUT2D eigenvalue weighted by molar-refractivity contribution is -0.147. The van der Waals surface area contributed by atoms with Gasteiger partial charge in [0.05, 0.1) is 6.42 Å². The quantitative estimate of drug-likeness (QED) is 0.383. The van der Waals surface area contributed by atoms with Crippen LogP contribution in [-0.4, -0.2) is 49.2 Å². The van der Waals surface area contributed by atoms with E-state index in [0.717, 1.165) is 17.3 Å². The smallest absolute Gasteiger partial charge is 0.328 e. The lowest BCUT2D eigenvalue weighted by Crippen LogP contribution is -2.66.